The van der Waals surface area contributed by atoms with Gasteiger partial charge in [-0.25, -0.2) is 18.6 Å². The van der Waals surface area contributed by atoms with Gasteiger partial charge in [0.05, 0.1) is 26.8 Å². The van der Waals surface area contributed by atoms with E-state index in [0.717, 1.165) is 22.3 Å². The molecule has 3 aromatic rings. The number of aromatic nitrogens is 1. The molecule has 16 nitrogen and oxygen atoms in total. The van der Waals surface area contributed by atoms with Crippen molar-refractivity contribution in [1.29, 1.82) is 0 Å². The Bertz CT molecular complexity index is 1680. The Kier molecular flexibility index (Phi) is 21.3. The van der Waals surface area contributed by atoms with Gasteiger partial charge < -0.3 is 54.3 Å². The van der Waals surface area contributed by atoms with Crippen LogP contribution >= 0.6 is 11.6 Å². The number of benzene rings is 2. The van der Waals surface area contributed by atoms with Crippen LogP contribution in [-0.4, -0.2) is 80.9 Å². The number of amides is 1. The smallest absolute Gasteiger partial charge is 0.493 e. The molecule has 0 saturated carbocycles. The Balaban J connectivity index is 0.00000105. The molecule has 2 aromatic carbocycles. The third kappa shape index (κ3) is 14.7. The molecule has 2 heterocycles. The summed E-state index contributed by atoms with van der Waals surface area (Å²) < 4.78 is 50.4. The minimum absolute atomic E-state index is 0. The first-order valence-electron chi connectivity index (χ1n) is 15.8. The molecule has 1 atom stereocenters. The SMILES string of the molecule is CC(=O)[C-](C)C(C)=O.CC(=O)[C-](C)C(C)=O.COc1cc2cc(C(=O)N3CC(CCl)c4ccc(NCCN)cc43)[nH]c2c(OC)c1OC.[Co+3].[O-][Cl+3]([O-])([O-])[O-]. The summed E-state index contributed by atoms with van der Waals surface area (Å²) >= 11 is 6.22. The summed E-state index contributed by atoms with van der Waals surface area (Å²) in [5.41, 5.74) is 9.54. The van der Waals surface area contributed by atoms with Crippen LogP contribution in [-0.2, 0) is 36.0 Å². The van der Waals surface area contributed by atoms with Gasteiger partial charge in [0, 0.05) is 71.3 Å². The predicted octanol–water partition coefficient (Wildman–Crippen LogP) is 0.306. The summed E-state index contributed by atoms with van der Waals surface area (Å²) in [4.78, 5) is 59.9. The monoisotopic (exact) mass is 842 g/mol. The zero-order valence-electron chi connectivity index (χ0n) is 31.3. The van der Waals surface area contributed by atoms with Gasteiger partial charge in [0.15, 0.2) is 11.5 Å². The summed E-state index contributed by atoms with van der Waals surface area (Å²) in [6.07, 6.45) is 0. The molecule has 1 aromatic heterocycles. The summed E-state index contributed by atoms with van der Waals surface area (Å²) in [6, 6.07) is 9.61. The Labute approximate surface area is 331 Å². The maximum atomic E-state index is 13.6. The van der Waals surface area contributed by atoms with E-state index in [1.807, 2.05) is 24.3 Å². The van der Waals surface area contributed by atoms with Crippen LogP contribution in [0.25, 0.3) is 10.9 Å². The van der Waals surface area contributed by atoms with Crippen LogP contribution in [0.15, 0.2) is 30.3 Å². The van der Waals surface area contributed by atoms with Gasteiger partial charge in [-0.1, -0.05) is 6.07 Å². The number of nitrogens with zero attached hydrogens (tertiary/aromatic N) is 1. The number of nitrogens with two attached hydrogens (primary N) is 1. The number of rotatable bonds is 12. The second-order valence-corrected chi connectivity index (χ2v) is 12.5. The molecule has 4 N–H and O–H groups in total. The van der Waals surface area contributed by atoms with Gasteiger partial charge in [0.2, 0.25) is 5.75 Å². The molecule has 1 amide bonds. The number of halogens is 2. The summed E-state index contributed by atoms with van der Waals surface area (Å²) in [5, 5.41) is 4.06. The fourth-order valence-electron chi connectivity index (χ4n) is 4.69. The molecule has 4 rings (SSSR count). The van der Waals surface area contributed by atoms with Gasteiger partial charge in [-0.2, -0.15) is 13.8 Å². The van der Waals surface area contributed by atoms with Crippen LogP contribution in [0, 0.1) is 22.1 Å². The van der Waals surface area contributed by atoms with Gasteiger partial charge >= 0.3 is 16.8 Å². The number of nitrogens with one attached hydrogen (secondary N) is 2. The van der Waals surface area contributed by atoms with Crippen LogP contribution in [0.3, 0.4) is 0 Å². The molecule has 1 aliphatic rings. The molecule has 0 aliphatic carbocycles. The molecule has 19 heteroatoms. The van der Waals surface area contributed by atoms with Crippen LogP contribution in [0.2, 0.25) is 0 Å². The van der Waals surface area contributed by atoms with Gasteiger partial charge in [-0.3, -0.25) is 16.6 Å². The van der Waals surface area contributed by atoms with E-state index in [2.05, 4.69) is 10.3 Å². The molecular weight excluding hydrogens is 798 g/mol. The van der Waals surface area contributed by atoms with Crippen molar-refractivity contribution in [3.05, 3.63) is 53.4 Å². The predicted molar refractivity (Wildman–Crippen MR) is 188 cm³/mol. The maximum Gasteiger partial charge on any atom is 3.00 e. The van der Waals surface area contributed by atoms with Gasteiger partial charge in [0.1, 0.15) is 5.69 Å². The molecule has 1 unspecified atom stereocenters. The summed E-state index contributed by atoms with van der Waals surface area (Å²) in [5.74, 6) is 1.91. The number of anilines is 2. The number of hydrogen-bond donors (Lipinski definition) is 3. The van der Waals surface area contributed by atoms with Crippen molar-refractivity contribution in [1.82, 2.24) is 4.98 Å². The average Bonchev–Trinajstić information content (AvgIpc) is 3.69. The van der Waals surface area contributed by atoms with E-state index in [0.29, 0.717) is 65.8 Å². The maximum absolute atomic E-state index is 13.6. The molecule has 0 bridgehead atoms. The number of fused-ring (bicyclic) bond motifs is 2. The third-order valence-electron chi connectivity index (χ3n) is 7.83. The van der Waals surface area contributed by atoms with E-state index >= 15 is 0 Å². The first-order valence-corrected chi connectivity index (χ1v) is 17.5. The first kappa shape index (κ1) is 50.0. The number of aromatic amines is 1. The van der Waals surface area contributed by atoms with Crippen molar-refractivity contribution in [3.8, 4) is 17.2 Å². The molecule has 300 valence electrons. The number of methoxy groups -OCH3 is 3. The van der Waals surface area contributed by atoms with Crippen LogP contribution in [0.4, 0.5) is 11.4 Å². The van der Waals surface area contributed by atoms with Gasteiger partial charge in [-0.15, -0.1) is 21.8 Å². The Morgan fingerprint density at radius 3 is 1.78 bits per heavy atom. The minimum atomic E-state index is -4.94. The third-order valence-corrected chi connectivity index (χ3v) is 8.20. The first-order chi connectivity index (χ1) is 24.7. The topological polar surface area (TPSA) is 262 Å². The van der Waals surface area contributed by atoms with E-state index < -0.39 is 10.2 Å². The number of carbonyl (C=O) groups excluding carboxylic acids is 5. The molecule has 54 heavy (non-hydrogen) atoms. The molecule has 0 spiro atoms. The summed E-state index contributed by atoms with van der Waals surface area (Å²) in [7, 11) is -0.284. The Morgan fingerprint density at radius 2 is 1.39 bits per heavy atom. The fourth-order valence-corrected chi connectivity index (χ4v) is 4.95. The van der Waals surface area contributed by atoms with E-state index in [4.69, 9.17) is 50.2 Å². The van der Waals surface area contributed by atoms with Gasteiger partial charge in [0.25, 0.3) is 5.91 Å². The zero-order valence-corrected chi connectivity index (χ0v) is 33.9. The van der Waals surface area contributed by atoms with E-state index in [1.165, 1.54) is 41.5 Å². The molecule has 0 radical (unpaired) electrons. The van der Waals surface area contributed by atoms with Crippen molar-refractivity contribution in [2.24, 2.45) is 5.73 Å². The molecule has 0 fully saturated rings. The van der Waals surface area contributed by atoms with Crippen LogP contribution in [0.1, 0.15) is 63.5 Å². The van der Waals surface area contributed by atoms with Crippen molar-refractivity contribution < 1.29 is 83.8 Å². The number of Topliss-reactive ketones (excluding diaryl/α,β-unsaturated/α-hetero) is 4. The average molecular weight is 844 g/mol. The largest absolute Gasteiger partial charge is 3.00 e. The number of ketones is 4. The fraction of sp³-hybridized carbons (Fsp3) is 0.400. The normalized spacial score (nSPS) is 12.5. The number of ether oxygens (including phenoxy) is 3. The second kappa shape index (κ2) is 23.0. The number of alkyl halides is 1. The van der Waals surface area contributed by atoms with Crippen LogP contribution in [0.5, 0.6) is 17.2 Å². The number of hydrogen-bond acceptors (Lipinski definition) is 14. The second-order valence-electron chi connectivity index (χ2n) is 11.4. The molecule has 0 saturated heterocycles. The zero-order chi connectivity index (χ0) is 40.8. The molecule has 1 aliphatic heterocycles. The Hall–Kier alpha value is -4.04. The van der Waals surface area contributed by atoms with Crippen molar-refractivity contribution in [2.75, 3.05) is 57.1 Å². The number of carbonyl (C=O) groups is 5. The quantitative estimate of drug-likeness (QED) is 0.126. The van der Waals surface area contributed by atoms with E-state index in [1.54, 1.807) is 32.3 Å². The van der Waals surface area contributed by atoms with E-state index in [9.17, 15) is 24.0 Å². The van der Waals surface area contributed by atoms with Crippen molar-refractivity contribution in [2.45, 2.75) is 47.5 Å². The standard InChI is InChI=1S/C23H27ClN4O4.2C6H9O2.ClHO4.Co/c1-30-19-9-13-8-17(27-20(13)22(32-3)21(19)31-2)23(29)28-12-14(11-24)16-5-4-15(10-18(16)28)26-7-6-25;2*1-4(5(2)7)6(3)8;2-1(3,4)5;/h4-5,8-10,14,26-27H,6-7,11-12,25H2,1-3H3;2*1-3H3;(H,2,3,4,5);/q;2*-1;;+3/p-1. The summed E-state index contributed by atoms with van der Waals surface area (Å²) in [6.45, 7) is 10.3. The van der Waals surface area contributed by atoms with Crippen molar-refractivity contribution >= 4 is 62.9 Å². The molecular formula is C35H45Cl2CoN4O12. The van der Waals surface area contributed by atoms with Crippen LogP contribution < -0.4 is 48.8 Å². The minimum Gasteiger partial charge on any atom is -0.493 e. The van der Waals surface area contributed by atoms with Crippen molar-refractivity contribution in [3.63, 3.8) is 0 Å². The van der Waals surface area contributed by atoms with Gasteiger partial charge in [-0.05, 0) is 57.5 Å². The van der Waals surface area contributed by atoms with E-state index in [-0.39, 0.29) is 51.7 Å². The number of H-pyrrole nitrogens is 1. The Morgan fingerprint density at radius 1 is 0.889 bits per heavy atom.